The second kappa shape index (κ2) is 4.79. The first kappa shape index (κ1) is 9.95. The molecule has 0 fully saturated rings. The molecule has 0 radical (unpaired) electrons. The highest BCUT2D eigenvalue weighted by Gasteiger charge is 1.96. The van der Waals surface area contributed by atoms with E-state index < -0.39 is 0 Å². The van der Waals surface area contributed by atoms with Gasteiger partial charge in [-0.25, -0.2) is 0 Å². The summed E-state index contributed by atoms with van der Waals surface area (Å²) in [5.74, 6) is 0. The van der Waals surface area contributed by atoms with Crippen LogP contribution in [-0.2, 0) is 11.3 Å². The van der Waals surface area contributed by atoms with E-state index in [1.807, 2.05) is 34.7 Å². The minimum atomic E-state index is -0.219. The van der Waals surface area contributed by atoms with Gasteiger partial charge in [0.25, 0.3) is 0 Å². The molecule has 1 unspecified atom stereocenters. The zero-order chi connectivity index (χ0) is 8.97. The summed E-state index contributed by atoms with van der Waals surface area (Å²) in [7, 11) is 0. The maximum absolute atomic E-state index is 5.43. The van der Waals surface area contributed by atoms with Crippen LogP contribution in [-0.4, -0.2) is 4.23 Å². The molecule has 0 aliphatic carbocycles. The van der Waals surface area contributed by atoms with Crippen molar-refractivity contribution in [3.8, 4) is 0 Å². The third-order valence-corrected chi connectivity index (χ3v) is 1.89. The van der Waals surface area contributed by atoms with Crippen molar-refractivity contribution in [3.05, 3.63) is 35.4 Å². The van der Waals surface area contributed by atoms with Crippen molar-refractivity contribution in [3.63, 3.8) is 0 Å². The van der Waals surface area contributed by atoms with E-state index in [0.29, 0.717) is 6.61 Å². The molecule has 0 bridgehead atoms. The molecule has 66 valence electrons. The normalized spacial score (nSPS) is 12.9. The van der Waals surface area contributed by atoms with Crippen LogP contribution in [0.2, 0.25) is 0 Å². The van der Waals surface area contributed by atoms with Gasteiger partial charge in [-0.1, -0.05) is 29.8 Å². The zero-order valence-corrected chi connectivity index (χ0v) is 9.11. The van der Waals surface area contributed by atoms with E-state index >= 15 is 0 Å². The summed E-state index contributed by atoms with van der Waals surface area (Å²) >= 11 is 2.03. The van der Waals surface area contributed by atoms with E-state index in [0.717, 1.165) is 5.56 Å². The molecule has 0 aliphatic heterocycles. The van der Waals surface area contributed by atoms with Gasteiger partial charge in [0.05, 0.1) is 6.61 Å². The number of aryl methyl sites for hydroxylation is 1. The standard InChI is InChI=1S/C9H12INO/c1-7-2-4-8(5-3-7)6-12-9(10)11/h2-5,9H,6,11H2,1H3. The summed E-state index contributed by atoms with van der Waals surface area (Å²) in [6, 6.07) is 8.23. The molecular weight excluding hydrogens is 265 g/mol. The Labute approximate surface area is 86.2 Å². The Morgan fingerprint density at radius 2 is 2.00 bits per heavy atom. The van der Waals surface area contributed by atoms with E-state index in [1.165, 1.54) is 5.56 Å². The molecule has 0 aliphatic rings. The Hall–Kier alpha value is -0.130. The fourth-order valence-corrected chi connectivity index (χ4v) is 1.04. The van der Waals surface area contributed by atoms with Gasteiger partial charge in [-0.3, -0.25) is 5.73 Å². The number of halogens is 1. The first-order valence-corrected chi connectivity index (χ1v) is 5.00. The Balaban J connectivity index is 2.48. The van der Waals surface area contributed by atoms with Crippen molar-refractivity contribution < 1.29 is 4.74 Å². The van der Waals surface area contributed by atoms with Crippen LogP contribution in [0.4, 0.5) is 0 Å². The number of benzene rings is 1. The maximum atomic E-state index is 5.43. The molecule has 1 atom stereocenters. The number of hydrogen-bond donors (Lipinski definition) is 1. The van der Waals surface area contributed by atoms with Gasteiger partial charge in [0.15, 0.2) is 4.23 Å². The SMILES string of the molecule is Cc1ccc(COC(N)I)cc1. The van der Waals surface area contributed by atoms with Crippen LogP contribution in [0.3, 0.4) is 0 Å². The van der Waals surface area contributed by atoms with Gasteiger partial charge >= 0.3 is 0 Å². The molecular formula is C9H12INO. The van der Waals surface area contributed by atoms with Crippen LogP contribution in [0, 0.1) is 6.92 Å². The topological polar surface area (TPSA) is 35.2 Å². The summed E-state index contributed by atoms with van der Waals surface area (Å²) in [4.78, 5) is 0. The molecule has 2 nitrogen and oxygen atoms in total. The fourth-order valence-electron chi connectivity index (χ4n) is 0.860. The first-order chi connectivity index (χ1) is 5.68. The molecule has 1 aromatic rings. The number of hydrogen-bond acceptors (Lipinski definition) is 2. The third-order valence-electron chi connectivity index (χ3n) is 1.53. The predicted molar refractivity (Wildman–Crippen MR) is 58.0 cm³/mol. The lowest BCUT2D eigenvalue weighted by molar-refractivity contribution is 0.114. The molecule has 1 aromatic carbocycles. The minimum Gasteiger partial charge on any atom is -0.350 e. The maximum Gasteiger partial charge on any atom is 0.158 e. The average molecular weight is 277 g/mol. The Bertz CT molecular complexity index is 233. The first-order valence-electron chi connectivity index (χ1n) is 3.75. The van der Waals surface area contributed by atoms with Gasteiger partial charge in [-0.05, 0) is 35.1 Å². The van der Waals surface area contributed by atoms with Gasteiger partial charge in [-0.15, -0.1) is 0 Å². The molecule has 0 saturated heterocycles. The lowest BCUT2D eigenvalue weighted by Crippen LogP contribution is -2.14. The Morgan fingerprint density at radius 1 is 1.42 bits per heavy atom. The van der Waals surface area contributed by atoms with Crippen LogP contribution in [0.15, 0.2) is 24.3 Å². The van der Waals surface area contributed by atoms with Crippen LogP contribution >= 0.6 is 22.6 Å². The average Bonchev–Trinajstić information content (AvgIpc) is 2.03. The highest BCUT2D eigenvalue weighted by atomic mass is 127. The monoisotopic (exact) mass is 277 g/mol. The number of rotatable bonds is 3. The number of alkyl halides is 1. The molecule has 1 rings (SSSR count). The molecule has 0 amide bonds. The van der Waals surface area contributed by atoms with Gasteiger partial charge in [0.1, 0.15) is 0 Å². The Kier molecular flexibility index (Phi) is 3.97. The summed E-state index contributed by atoms with van der Waals surface area (Å²) in [6.45, 7) is 2.65. The molecule has 2 N–H and O–H groups in total. The van der Waals surface area contributed by atoms with E-state index in [4.69, 9.17) is 10.5 Å². The van der Waals surface area contributed by atoms with Crippen LogP contribution in [0.5, 0.6) is 0 Å². The van der Waals surface area contributed by atoms with Gasteiger partial charge in [-0.2, -0.15) is 0 Å². The van der Waals surface area contributed by atoms with Gasteiger partial charge in [0.2, 0.25) is 0 Å². The molecule has 0 spiro atoms. The fraction of sp³-hybridized carbons (Fsp3) is 0.333. The summed E-state index contributed by atoms with van der Waals surface area (Å²) in [5.41, 5.74) is 7.86. The van der Waals surface area contributed by atoms with Crippen molar-refractivity contribution in [1.82, 2.24) is 0 Å². The summed E-state index contributed by atoms with van der Waals surface area (Å²) in [5, 5.41) is 0. The van der Waals surface area contributed by atoms with Crippen LogP contribution in [0.25, 0.3) is 0 Å². The number of ether oxygens (including phenoxy) is 1. The van der Waals surface area contributed by atoms with Crippen molar-refractivity contribution in [1.29, 1.82) is 0 Å². The van der Waals surface area contributed by atoms with Crippen molar-refractivity contribution in [2.75, 3.05) is 0 Å². The van der Waals surface area contributed by atoms with Crippen molar-refractivity contribution >= 4 is 22.6 Å². The quantitative estimate of drug-likeness (QED) is 0.398. The molecule has 0 aromatic heterocycles. The van der Waals surface area contributed by atoms with Crippen LogP contribution < -0.4 is 5.73 Å². The molecule has 3 heteroatoms. The lowest BCUT2D eigenvalue weighted by Gasteiger charge is -2.05. The van der Waals surface area contributed by atoms with E-state index in [9.17, 15) is 0 Å². The largest absolute Gasteiger partial charge is 0.350 e. The highest BCUT2D eigenvalue weighted by Crippen LogP contribution is 2.06. The molecule has 0 saturated carbocycles. The smallest absolute Gasteiger partial charge is 0.158 e. The second-order valence-corrected chi connectivity index (χ2v) is 3.88. The summed E-state index contributed by atoms with van der Waals surface area (Å²) < 4.78 is 5.01. The predicted octanol–water partition coefficient (Wildman–Crippen LogP) is 2.19. The molecule has 0 heterocycles. The van der Waals surface area contributed by atoms with Crippen LogP contribution in [0.1, 0.15) is 11.1 Å². The highest BCUT2D eigenvalue weighted by molar-refractivity contribution is 14.1. The second-order valence-electron chi connectivity index (χ2n) is 2.65. The third kappa shape index (κ3) is 3.51. The van der Waals surface area contributed by atoms with E-state index in [1.54, 1.807) is 0 Å². The Morgan fingerprint density at radius 3 is 2.50 bits per heavy atom. The lowest BCUT2D eigenvalue weighted by atomic mass is 10.2. The van der Waals surface area contributed by atoms with Crippen molar-refractivity contribution in [2.45, 2.75) is 17.8 Å². The van der Waals surface area contributed by atoms with E-state index in [2.05, 4.69) is 19.1 Å². The van der Waals surface area contributed by atoms with Crippen molar-refractivity contribution in [2.24, 2.45) is 5.73 Å². The zero-order valence-electron chi connectivity index (χ0n) is 6.96. The van der Waals surface area contributed by atoms with Gasteiger partial charge < -0.3 is 4.74 Å². The van der Waals surface area contributed by atoms with Gasteiger partial charge in [0, 0.05) is 0 Å². The van der Waals surface area contributed by atoms with E-state index in [-0.39, 0.29) is 4.23 Å². The number of nitrogens with two attached hydrogens (primary N) is 1. The minimum absolute atomic E-state index is 0.219. The molecule has 12 heavy (non-hydrogen) atoms. The summed E-state index contributed by atoms with van der Waals surface area (Å²) in [6.07, 6.45) is 0.